The van der Waals surface area contributed by atoms with Gasteiger partial charge in [-0.25, -0.2) is 23.8 Å². The van der Waals surface area contributed by atoms with E-state index in [9.17, 15) is 37.1 Å². The molecule has 3 aromatic rings. The van der Waals surface area contributed by atoms with Gasteiger partial charge in [-0.1, -0.05) is 41.9 Å². The standard InChI is InChI=1S/C31H32ClF4N3O7/c1-28(2,3)46-26(41)37-17-30(43,31(34,35)36)24-15-20(14-23(38-24)19-11-12-22(33)21(32)13-19)29(4,25(40)44-5)39-27(42)45-16-18-9-7-6-8-10-18/h6-15,43H,16-17H2,1-5H3,(H,37,41)(H,39,42). The van der Waals surface area contributed by atoms with Crippen LogP contribution in [0.25, 0.3) is 11.3 Å². The van der Waals surface area contributed by atoms with Gasteiger partial charge in [0.25, 0.3) is 0 Å². The number of aromatic nitrogens is 1. The zero-order chi connectivity index (χ0) is 34.5. The van der Waals surface area contributed by atoms with Crippen molar-refractivity contribution in [1.82, 2.24) is 15.6 Å². The van der Waals surface area contributed by atoms with Crippen LogP contribution in [0.4, 0.5) is 27.2 Å². The van der Waals surface area contributed by atoms with E-state index in [0.29, 0.717) is 11.6 Å². The average molecular weight is 670 g/mol. The fraction of sp³-hybridized carbons (Fsp3) is 0.355. The summed E-state index contributed by atoms with van der Waals surface area (Å²) in [4.78, 5) is 42.3. The predicted octanol–water partition coefficient (Wildman–Crippen LogP) is 6.13. The van der Waals surface area contributed by atoms with Gasteiger partial charge in [0.15, 0.2) is 5.54 Å². The quantitative estimate of drug-likeness (QED) is 0.141. The highest BCUT2D eigenvalue weighted by molar-refractivity contribution is 6.31. The highest BCUT2D eigenvalue weighted by Gasteiger charge is 2.57. The number of halogens is 5. The van der Waals surface area contributed by atoms with E-state index in [-0.39, 0.29) is 23.4 Å². The second kappa shape index (κ2) is 13.9. The number of esters is 1. The van der Waals surface area contributed by atoms with Gasteiger partial charge < -0.3 is 30.0 Å². The summed E-state index contributed by atoms with van der Waals surface area (Å²) < 4.78 is 72.9. The van der Waals surface area contributed by atoms with Crippen LogP contribution in [-0.2, 0) is 36.8 Å². The Morgan fingerprint density at radius 1 is 0.957 bits per heavy atom. The first-order chi connectivity index (χ1) is 21.3. The molecule has 0 aliphatic rings. The summed E-state index contributed by atoms with van der Waals surface area (Å²) in [5.74, 6) is -1.97. The molecular weight excluding hydrogens is 638 g/mol. The molecule has 2 atom stereocenters. The van der Waals surface area contributed by atoms with Crippen molar-refractivity contribution < 1.29 is 51.3 Å². The molecule has 2 aromatic carbocycles. The Kier molecular flexibility index (Phi) is 10.9. The molecule has 3 rings (SSSR count). The maximum absolute atomic E-state index is 14.6. The first-order valence-corrected chi connectivity index (χ1v) is 14.0. The van der Waals surface area contributed by atoms with E-state index in [4.69, 9.17) is 25.8 Å². The lowest BCUT2D eigenvalue weighted by molar-refractivity contribution is -0.265. The minimum atomic E-state index is -5.46. The number of benzene rings is 2. The van der Waals surface area contributed by atoms with E-state index in [1.807, 2.05) is 5.32 Å². The molecule has 1 heterocycles. The van der Waals surface area contributed by atoms with Gasteiger partial charge in [-0.15, -0.1) is 0 Å². The largest absolute Gasteiger partial charge is 0.467 e. The first kappa shape index (κ1) is 36.0. The van der Waals surface area contributed by atoms with Crippen molar-refractivity contribution in [2.24, 2.45) is 0 Å². The van der Waals surface area contributed by atoms with Gasteiger partial charge in [0.2, 0.25) is 5.60 Å². The fourth-order valence-corrected chi connectivity index (χ4v) is 4.27. The molecular formula is C31H32ClF4N3O7. The summed E-state index contributed by atoms with van der Waals surface area (Å²) in [7, 11) is 0.983. The molecule has 3 N–H and O–H groups in total. The summed E-state index contributed by atoms with van der Waals surface area (Å²) in [5.41, 5.74) is -8.35. The van der Waals surface area contributed by atoms with Crippen LogP contribution in [0.5, 0.6) is 0 Å². The number of alkyl carbamates (subject to hydrolysis) is 2. The normalized spacial score (nSPS) is 14.3. The van der Waals surface area contributed by atoms with Gasteiger partial charge in [0, 0.05) is 5.56 Å². The van der Waals surface area contributed by atoms with Crippen molar-refractivity contribution in [3.63, 3.8) is 0 Å². The zero-order valence-corrected chi connectivity index (χ0v) is 26.2. The molecule has 0 aliphatic heterocycles. The molecule has 46 heavy (non-hydrogen) atoms. The highest BCUT2D eigenvalue weighted by Crippen LogP contribution is 2.40. The number of hydrogen-bond acceptors (Lipinski definition) is 8. The Morgan fingerprint density at radius 2 is 1.61 bits per heavy atom. The van der Waals surface area contributed by atoms with E-state index < -0.39 is 64.2 Å². The number of amides is 2. The van der Waals surface area contributed by atoms with Crippen molar-refractivity contribution in [3.05, 3.63) is 88.3 Å². The van der Waals surface area contributed by atoms with Crippen molar-refractivity contribution in [2.75, 3.05) is 13.7 Å². The number of ether oxygens (including phenoxy) is 3. The third-order valence-electron chi connectivity index (χ3n) is 6.56. The molecule has 0 saturated carbocycles. The molecule has 0 radical (unpaired) electrons. The molecule has 0 spiro atoms. The molecule has 2 unspecified atom stereocenters. The topological polar surface area (TPSA) is 136 Å². The van der Waals surface area contributed by atoms with E-state index in [0.717, 1.165) is 38.3 Å². The van der Waals surface area contributed by atoms with Crippen LogP contribution in [0.3, 0.4) is 0 Å². The van der Waals surface area contributed by atoms with Gasteiger partial charge in [0.1, 0.15) is 18.0 Å². The fourth-order valence-electron chi connectivity index (χ4n) is 4.09. The average Bonchev–Trinajstić information content (AvgIpc) is 2.98. The van der Waals surface area contributed by atoms with Crippen LogP contribution in [0.15, 0.2) is 60.7 Å². The first-order valence-electron chi connectivity index (χ1n) is 13.6. The molecule has 15 heteroatoms. The van der Waals surface area contributed by atoms with Crippen LogP contribution < -0.4 is 10.6 Å². The SMILES string of the molecule is COC(=O)C(C)(NC(=O)OCc1ccccc1)c1cc(-c2ccc(F)c(Cl)c2)nc(C(O)(CNC(=O)OC(C)(C)C)C(F)(F)F)c1. The number of methoxy groups -OCH3 is 1. The van der Waals surface area contributed by atoms with Crippen molar-refractivity contribution in [2.45, 2.75) is 57.2 Å². The molecule has 0 saturated heterocycles. The van der Waals surface area contributed by atoms with Gasteiger partial charge in [0.05, 0.1) is 30.1 Å². The molecule has 0 aliphatic carbocycles. The van der Waals surface area contributed by atoms with Crippen LogP contribution in [-0.4, -0.2) is 53.7 Å². The molecule has 2 amide bonds. The summed E-state index contributed by atoms with van der Waals surface area (Å²) in [5, 5.41) is 15.0. The Balaban J connectivity index is 2.18. The van der Waals surface area contributed by atoms with Crippen molar-refractivity contribution >= 4 is 29.8 Å². The Bertz CT molecular complexity index is 1580. The number of aliphatic hydroxyl groups is 1. The second-order valence-corrected chi connectivity index (χ2v) is 11.7. The maximum atomic E-state index is 14.6. The van der Waals surface area contributed by atoms with Gasteiger partial charge >= 0.3 is 24.3 Å². The van der Waals surface area contributed by atoms with Crippen molar-refractivity contribution in [1.29, 1.82) is 0 Å². The lowest BCUT2D eigenvalue weighted by atomic mass is 9.87. The predicted molar refractivity (Wildman–Crippen MR) is 158 cm³/mol. The van der Waals surface area contributed by atoms with Gasteiger partial charge in [-0.2, -0.15) is 13.2 Å². The number of nitrogens with zero attached hydrogens (tertiary/aromatic N) is 1. The Hall–Kier alpha value is -4.43. The number of carbonyl (C=O) groups excluding carboxylic acids is 3. The second-order valence-electron chi connectivity index (χ2n) is 11.3. The number of pyridine rings is 1. The molecule has 1 aromatic heterocycles. The van der Waals surface area contributed by atoms with Crippen LogP contribution in [0.1, 0.15) is 44.5 Å². The summed E-state index contributed by atoms with van der Waals surface area (Å²) in [6, 6.07) is 13.5. The Morgan fingerprint density at radius 3 is 2.17 bits per heavy atom. The Labute approximate surface area is 267 Å². The van der Waals surface area contributed by atoms with E-state index in [2.05, 4.69) is 10.3 Å². The minimum absolute atomic E-state index is 0.0157. The number of hydrogen-bond donors (Lipinski definition) is 3. The van der Waals surface area contributed by atoms with E-state index >= 15 is 0 Å². The summed E-state index contributed by atoms with van der Waals surface area (Å²) in [6.07, 6.45) is -7.87. The highest BCUT2D eigenvalue weighted by atomic mass is 35.5. The van der Waals surface area contributed by atoms with Crippen LogP contribution >= 0.6 is 11.6 Å². The number of nitrogens with one attached hydrogen (secondary N) is 2. The molecule has 248 valence electrons. The van der Waals surface area contributed by atoms with Crippen LogP contribution in [0, 0.1) is 5.82 Å². The monoisotopic (exact) mass is 669 g/mol. The third-order valence-corrected chi connectivity index (χ3v) is 6.85. The van der Waals surface area contributed by atoms with E-state index in [1.54, 1.807) is 30.3 Å². The zero-order valence-electron chi connectivity index (χ0n) is 25.4. The smallest absolute Gasteiger partial charge is 0.424 e. The lowest BCUT2D eigenvalue weighted by Gasteiger charge is -2.33. The van der Waals surface area contributed by atoms with Gasteiger partial charge in [-0.3, -0.25) is 0 Å². The number of carbonyl (C=O) groups is 3. The third kappa shape index (κ3) is 8.63. The molecule has 10 nitrogen and oxygen atoms in total. The van der Waals surface area contributed by atoms with Crippen LogP contribution in [0.2, 0.25) is 5.02 Å². The van der Waals surface area contributed by atoms with E-state index in [1.165, 1.54) is 20.8 Å². The minimum Gasteiger partial charge on any atom is -0.467 e. The summed E-state index contributed by atoms with van der Waals surface area (Å²) in [6.45, 7) is 3.91. The number of rotatable bonds is 9. The van der Waals surface area contributed by atoms with Crippen molar-refractivity contribution in [3.8, 4) is 11.3 Å². The maximum Gasteiger partial charge on any atom is 0.424 e. The number of alkyl halides is 3. The molecule has 0 bridgehead atoms. The van der Waals surface area contributed by atoms with Gasteiger partial charge in [-0.05, 0) is 69.2 Å². The molecule has 0 fully saturated rings. The lowest BCUT2D eigenvalue weighted by Crippen LogP contribution is -2.53. The summed E-state index contributed by atoms with van der Waals surface area (Å²) >= 11 is 5.92.